The van der Waals surface area contributed by atoms with E-state index in [1.54, 1.807) is 11.8 Å². The molecule has 1 heterocycles. The van der Waals surface area contributed by atoms with E-state index in [4.69, 9.17) is 0 Å². The number of carbonyl (C=O) groups is 1. The second-order valence-electron chi connectivity index (χ2n) is 4.65. The van der Waals surface area contributed by atoms with E-state index in [0.29, 0.717) is 11.5 Å². The van der Waals surface area contributed by atoms with E-state index >= 15 is 0 Å². The van der Waals surface area contributed by atoms with Gasteiger partial charge in [0.2, 0.25) is 0 Å². The van der Waals surface area contributed by atoms with E-state index in [1.807, 2.05) is 33.2 Å². The molecule has 0 radical (unpaired) electrons. The van der Waals surface area contributed by atoms with Gasteiger partial charge in [-0.25, -0.2) is 0 Å². The summed E-state index contributed by atoms with van der Waals surface area (Å²) >= 11 is 1.57. The Morgan fingerprint density at radius 1 is 1.44 bits per heavy atom. The first kappa shape index (κ1) is 13.2. The molecule has 0 aliphatic heterocycles. The molecule has 0 atom stereocenters. The second kappa shape index (κ2) is 5.48. The summed E-state index contributed by atoms with van der Waals surface area (Å²) in [5, 5.41) is 0. The molecule has 0 aromatic carbocycles. The molecule has 0 spiro atoms. The lowest BCUT2D eigenvalue weighted by Gasteiger charge is -2.20. The summed E-state index contributed by atoms with van der Waals surface area (Å²) in [7, 11) is 0. The molecule has 0 unspecified atom stereocenters. The van der Waals surface area contributed by atoms with Crippen LogP contribution < -0.4 is 0 Å². The Labute approximate surface area is 102 Å². The summed E-state index contributed by atoms with van der Waals surface area (Å²) in [4.78, 5) is 17.1. The Hall–Kier alpha value is -0.830. The molecule has 1 aromatic rings. The molecule has 1 rings (SSSR count). The zero-order valence-electron chi connectivity index (χ0n) is 10.4. The number of pyridine rings is 1. The van der Waals surface area contributed by atoms with Crippen molar-refractivity contribution in [3.63, 3.8) is 0 Å². The minimum absolute atomic E-state index is 0.204. The number of aromatic nitrogens is 1. The first-order valence-electron chi connectivity index (χ1n) is 5.53. The summed E-state index contributed by atoms with van der Waals surface area (Å²) in [5.74, 6) is 0.841. The molecule has 2 nitrogen and oxygen atoms in total. The number of rotatable bonds is 5. The van der Waals surface area contributed by atoms with Crippen LogP contribution in [0.5, 0.6) is 0 Å². The highest BCUT2D eigenvalue weighted by Gasteiger charge is 2.24. The molecule has 0 saturated heterocycles. The smallest absolute Gasteiger partial charge is 0.148 e. The van der Waals surface area contributed by atoms with E-state index in [9.17, 15) is 4.79 Å². The van der Waals surface area contributed by atoms with Crippen LogP contribution in [0.1, 0.15) is 32.8 Å². The molecule has 0 amide bonds. The van der Waals surface area contributed by atoms with E-state index < -0.39 is 0 Å². The minimum atomic E-state index is -0.204. The topological polar surface area (TPSA) is 30.0 Å². The van der Waals surface area contributed by atoms with Crippen molar-refractivity contribution in [1.82, 2.24) is 4.98 Å². The number of nitrogens with zero attached hydrogens (tertiary/aromatic N) is 1. The fourth-order valence-electron chi connectivity index (χ4n) is 1.15. The van der Waals surface area contributed by atoms with E-state index in [1.165, 1.54) is 0 Å². The third-order valence-electron chi connectivity index (χ3n) is 2.86. The van der Waals surface area contributed by atoms with Crippen molar-refractivity contribution in [2.24, 2.45) is 5.41 Å². The van der Waals surface area contributed by atoms with Crippen LogP contribution >= 0.6 is 11.8 Å². The fourth-order valence-corrected chi connectivity index (χ4v) is 2.24. The Kier molecular flexibility index (Phi) is 4.54. The number of ketones is 1. The first-order valence-corrected chi connectivity index (χ1v) is 6.52. The van der Waals surface area contributed by atoms with Gasteiger partial charge in [-0.05, 0) is 25.0 Å². The van der Waals surface area contributed by atoms with Crippen LogP contribution in [0.2, 0.25) is 0 Å². The predicted molar refractivity (Wildman–Crippen MR) is 68.8 cm³/mol. The maximum absolute atomic E-state index is 11.9. The Balaban J connectivity index is 2.56. The molecule has 88 valence electrons. The van der Waals surface area contributed by atoms with Crippen LogP contribution in [-0.4, -0.2) is 16.5 Å². The van der Waals surface area contributed by atoms with Gasteiger partial charge in [-0.1, -0.05) is 20.8 Å². The Morgan fingerprint density at radius 3 is 2.69 bits per heavy atom. The lowest BCUT2D eigenvalue weighted by atomic mass is 9.86. The van der Waals surface area contributed by atoms with Gasteiger partial charge in [-0.2, -0.15) is 0 Å². The molecule has 0 aliphatic rings. The zero-order valence-corrected chi connectivity index (χ0v) is 11.2. The van der Waals surface area contributed by atoms with Gasteiger partial charge in [0.25, 0.3) is 0 Å². The van der Waals surface area contributed by atoms with E-state index in [0.717, 1.165) is 16.9 Å². The van der Waals surface area contributed by atoms with Gasteiger partial charge >= 0.3 is 0 Å². The van der Waals surface area contributed by atoms with Crippen molar-refractivity contribution >= 4 is 17.5 Å². The molecule has 0 saturated carbocycles. The van der Waals surface area contributed by atoms with Gasteiger partial charge in [-0.3, -0.25) is 9.78 Å². The number of thioether (sulfide) groups is 1. The highest BCUT2D eigenvalue weighted by Crippen LogP contribution is 2.26. The first-order chi connectivity index (χ1) is 7.45. The van der Waals surface area contributed by atoms with Crippen molar-refractivity contribution in [2.45, 2.75) is 39.0 Å². The molecular formula is C13H19NOS. The Morgan fingerprint density at radius 2 is 2.12 bits per heavy atom. The summed E-state index contributed by atoms with van der Waals surface area (Å²) in [6, 6.07) is 2.06. The number of hydrogen-bond donors (Lipinski definition) is 0. The van der Waals surface area contributed by atoms with Crippen molar-refractivity contribution in [1.29, 1.82) is 0 Å². The molecule has 0 N–H and O–H groups in total. The maximum Gasteiger partial charge on any atom is 0.148 e. The summed E-state index contributed by atoms with van der Waals surface area (Å²) in [6.45, 7) is 8.07. The molecular weight excluding hydrogens is 218 g/mol. The average molecular weight is 237 g/mol. The van der Waals surface area contributed by atoms with Gasteiger partial charge in [0.1, 0.15) is 5.78 Å². The normalized spacial score (nSPS) is 11.5. The van der Waals surface area contributed by atoms with Gasteiger partial charge in [0.05, 0.1) is 5.75 Å². The summed E-state index contributed by atoms with van der Waals surface area (Å²) in [5.41, 5.74) is 0.928. The van der Waals surface area contributed by atoms with Crippen molar-refractivity contribution < 1.29 is 4.79 Å². The SMILES string of the molecule is CCC(C)(C)C(=O)CSc1cncc(C)c1. The highest BCUT2D eigenvalue weighted by molar-refractivity contribution is 8.00. The quantitative estimate of drug-likeness (QED) is 0.734. The molecule has 0 aliphatic carbocycles. The zero-order chi connectivity index (χ0) is 12.2. The number of Topliss-reactive ketones (excluding diaryl/α,β-unsaturated/α-hetero) is 1. The monoisotopic (exact) mass is 237 g/mol. The fraction of sp³-hybridized carbons (Fsp3) is 0.538. The lowest BCUT2D eigenvalue weighted by Crippen LogP contribution is -2.24. The minimum Gasteiger partial charge on any atom is -0.298 e. The number of aryl methyl sites for hydroxylation is 1. The lowest BCUT2D eigenvalue weighted by molar-refractivity contribution is -0.124. The van der Waals surface area contributed by atoms with Crippen LogP contribution in [0, 0.1) is 12.3 Å². The number of hydrogen-bond acceptors (Lipinski definition) is 3. The van der Waals surface area contributed by atoms with Gasteiger partial charge in [-0.15, -0.1) is 11.8 Å². The van der Waals surface area contributed by atoms with Gasteiger partial charge in [0.15, 0.2) is 0 Å². The van der Waals surface area contributed by atoms with Crippen LogP contribution in [0.25, 0.3) is 0 Å². The largest absolute Gasteiger partial charge is 0.298 e. The molecule has 0 fully saturated rings. The summed E-state index contributed by atoms with van der Waals surface area (Å²) in [6.07, 6.45) is 4.52. The molecule has 16 heavy (non-hydrogen) atoms. The summed E-state index contributed by atoms with van der Waals surface area (Å²) < 4.78 is 0. The third kappa shape index (κ3) is 3.63. The standard InChI is InChI=1S/C13H19NOS/c1-5-13(3,4)12(15)9-16-11-6-10(2)7-14-8-11/h6-8H,5,9H2,1-4H3. The van der Waals surface area contributed by atoms with Gasteiger partial charge in [0, 0.05) is 22.7 Å². The molecule has 1 aromatic heterocycles. The van der Waals surface area contributed by atoms with Crippen LogP contribution in [0.4, 0.5) is 0 Å². The average Bonchev–Trinajstić information content (AvgIpc) is 2.26. The van der Waals surface area contributed by atoms with Crippen molar-refractivity contribution in [3.8, 4) is 0 Å². The predicted octanol–water partition coefficient (Wildman–Crippen LogP) is 3.49. The van der Waals surface area contributed by atoms with Crippen molar-refractivity contribution in [2.75, 3.05) is 5.75 Å². The van der Waals surface area contributed by atoms with Crippen LogP contribution in [-0.2, 0) is 4.79 Å². The van der Waals surface area contributed by atoms with Crippen molar-refractivity contribution in [3.05, 3.63) is 24.0 Å². The highest BCUT2D eigenvalue weighted by atomic mass is 32.2. The third-order valence-corrected chi connectivity index (χ3v) is 3.82. The molecule has 0 bridgehead atoms. The van der Waals surface area contributed by atoms with Gasteiger partial charge < -0.3 is 0 Å². The van der Waals surface area contributed by atoms with E-state index in [2.05, 4.69) is 18.0 Å². The number of carbonyl (C=O) groups excluding carboxylic acids is 1. The van der Waals surface area contributed by atoms with Crippen LogP contribution in [0.15, 0.2) is 23.4 Å². The molecule has 3 heteroatoms. The maximum atomic E-state index is 11.9. The Bertz CT molecular complexity index is 374. The second-order valence-corrected chi connectivity index (χ2v) is 5.70. The van der Waals surface area contributed by atoms with Crippen LogP contribution in [0.3, 0.4) is 0 Å². The van der Waals surface area contributed by atoms with E-state index in [-0.39, 0.29) is 5.41 Å².